The van der Waals surface area contributed by atoms with Crippen LogP contribution in [0, 0.1) is 11.6 Å². The van der Waals surface area contributed by atoms with E-state index >= 15 is 0 Å². The zero-order valence-electron chi connectivity index (χ0n) is 16.6. The van der Waals surface area contributed by atoms with E-state index in [0.717, 1.165) is 0 Å². The van der Waals surface area contributed by atoms with Crippen LogP contribution in [0.5, 0.6) is 0 Å². The minimum atomic E-state index is -0.377. The number of rotatable bonds is 7. The Kier molecular flexibility index (Phi) is 6.78. The molecule has 1 N–H and O–H groups in total. The van der Waals surface area contributed by atoms with Gasteiger partial charge in [0.1, 0.15) is 11.6 Å². The van der Waals surface area contributed by atoms with Gasteiger partial charge in [0.05, 0.1) is 24.7 Å². The van der Waals surface area contributed by atoms with Gasteiger partial charge in [-0.25, -0.2) is 8.78 Å². The van der Waals surface area contributed by atoms with Crippen molar-refractivity contribution in [1.29, 1.82) is 0 Å². The fourth-order valence-electron chi connectivity index (χ4n) is 3.18. The highest BCUT2D eigenvalue weighted by Crippen LogP contribution is 2.27. The Labute approximate surface area is 182 Å². The number of morpholine rings is 1. The SMILES string of the molecule is O=C(CSc1nnc(N2CCOCC2)n1-c1cccc(F)c1)NCc1ccccc1F. The quantitative estimate of drug-likeness (QED) is 0.564. The van der Waals surface area contributed by atoms with Crippen LogP contribution in [0.4, 0.5) is 14.7 Å². The van der Waals surface area contributed by atoms with Crippen LogP contribution in [-0.2, 0) is 16.1 Å². The highest BCUT2D eigenvalue weighted by atomic mass is 32.2. The molecule has 162 valence electrons. The van der Waals surface area contributed by atoms with Gasteiger partial charge in [0.2, 0.25) is 11.9 Å². The van der Waals surface area contributed by atoms with Crippen LogP contribution in [0.15, 0.2) is 53.7 Å². The number of anilines is 1. The first-order valence-electron chi connectivity index (χ1n) is 9.79. The van der Waals surface area contributed by atoms with Crippen molar-refractivity contribution in [2.75, 3.05) is 37.0 Å². The highest BCUT2D eigenvalue weighted by molar-refractivity contribution is 7.99. The summed E-state index contributed by atoms with van der Waals surface area (Å²) in [5.41, 5.74) is 0.985. The molecule has 2 aromatic carbocycles. The molecule has 0 bridgehead atoms. The van der Waals surface area contributed by atoms with E-state index in [4.69, 9.17) is 4.74 Å². The molecule has 0 unspecified atom stereocenters. The molecule has 0 spiro atoms. The Morgan fingerprint density at radius 1 is 1.10 bits per heavy atom. The van der Waals surface area contributed by atoms with E-state index in [0.29, 0.717) is 48.7 Å². The Bertz CT molecular complexity index is 1060. The summed E-state index contributed by atoms with van der Waals surface area (Å²) in [6.45, 7) is 2.51. The third-order valence-electron chi connectivity index (χ3n) is 4.74. The summed E-state index contributed by atoms with van der Waals surface area (Å²) in [5.74, 6) is -0.377. The van der Waals surface area contributed by atoms with Crippen molar-refractivity contribution < 1.29 is 18.3 Å². The van der Waals surface area contributed by atoms with E-state index in [1.54, 1.807) is 34.9 Å². The molecule has 10 heteroatoms. The Morgan fingerprint density at radius 2 is 1.90 bits per heavy atom. The molecule has 2 heterocycles. The van der Waals surface area contributed by atoms with Crippen molar-refractivity contribution in [3.8, 4) is 5.69 Å². The predicted octanol–water partition coefficient (Wildman–Crippen LogP) is 2.79. The summed E-state index contributed by atoms with van der Waals surface area (Å²) < 4.78 is 34.7. The molecule has 0 radical (unpaired) electrons. The lowest BCUT2D eigenvalue weighted by atomic mass is 10.2. The molecule has 1 fully saturated rings. The zero-order chi connectivity index (χ0) is 21.6. The molecule has 1 aliphatic rings. The average molecular weight is 445 g/mol. The van der Waals surface area contributed by atoms with Crippen LogP contribution < -0.4 is 10.2 Å². The smallest absolute Gasteiger partial charge is 0.232 e. The number of halogens is 2. The molecule has 1 amide bonds. The van der Waals surface area contributed by atoms with Crippen molar-refractivity contribution in [2.45, 2.75) is 11.7 Å². The van der Waals surface area contributed by atoms with E-state index in [-0.39, 0.29) is 29.8 Å². The molecule has 0 saturated carbocycles. The zero-order valence-corrected chi connectivity index (χ0v) is 17.4. The monoisotopic (exact) mass is 445 g/mol. The first kappa shape index (κ1) is 21.3. The molecule has 31 heavy (non-hydrogen) atoms. The number of nitrogens with one attached hydrogen (secondary N) is 1. The third kappa shape index (κ3) is 5.20. The van der Waals surface area contributed by atoms with Gasteiger partial charge in [0.25, 0.3) is 0 Å². The lowest BCUT2D eigenvalue weighted by molar-refractivity contribution is -0.118. The number of carbonyl (C=O) groups is 1. The van der Waals surface area contributed by atoms with E-state index in [1.165, 1.54) is 30.0 Å². The maximum absolute atomic E-state index is 13.9. The molecule has 0 atom stereocenters. The van der Waals surface area contributed by atoms with Gasteiger partial charge >= 0.3 is 0 Å². The summed E-state index contributed by atoms with van der Waals surface area (Å²) in [6, 6.07) is 12.4. The number of amides is 1. The largest absolute Gasteiger partial charge is 0.378 e. The number of carbonyl (C=O) groups excluding carboxylic acids is 1. The lowest BCUT2D eigenvalue weighted by Gasteiger charge is -2.27. The van der Waals surface area contributed by atoms with E-state index in [9.17, 15) is 13.6 Å². The summed E-state index contributed by atoms with van der Waals surface area (Å²) in [5, 5.41) is 11.7. The van der Waals surface area contributed by atoms with E-state index in [1.807, 2.05) is 4.90 Å². The Hall–Kier alpha value is -2.98. The third-order valence-corrected chi connectivity index (χ3v) is 5.67. The van der Waals surface area contributed by atoms with E-state index in [2.05, 4.69) is 15.5 Å². The molecular weight excluding hydrogens is 424 g/mol. The van der Waals surface area contributed by atoms with Crippen molar-refractivity contribution in [3.05, 3.63) is 65.7 Å². The standard InChI is InChI=1S/C21H21F2N5O2S/c22-16-5-3-6-17(12-16)28-20(27-8-10-30-11-9-27)25-26-21(28)31-14-19(29)24-13-15-4-1-2-7-18(15)23/h1-7,12H,8-11,13-14H2,(H,24,29). The van der Waals surface area contributed by atoms with E-state index < -0.39 is 0 Å². The summed E-state index contributed by atoms with van der Waals surface area (Å²) in [7, 11) is 0. The summed E-state index contributed by atoms with van der Waals surface area (Å²) in [4.78, 5) is 14.3. The number of thioether (sulfide) groups is 1. The van der Waals surface area contributed by atoms with Gasteiger partial charge in [0.15, 0.2) is 5.16 Å². The minimum absolute atomic E-state index is 0.0605. The number of aromatic nitrogens is 3. The van der Waals surface area contributed by atoms with Crippen molar-refractivity contribution >= 4 is 23.6 Å². The maximum Gasteiger partial charge on any atom is 0.232 e. The molecule has 3 aromatic rings. The van der Waals surface area contributed by atoms with Crippen molar-refractivity contribution in [3.63, 3.8) is 0 Å². The van der Waals surface area contributed by atoms with Crippen LogP contribution >= 0.6 is 11.8 Å². The molecule has 1 saturated heterocycles. The van der Waals surface area contributed by atoms with Gasteiger partial charge in [0, 0.05) is 25.2 Å². The van der Waals surface area contributed by atoms with Gasteiger partial charge in [-0.2, -0.15) is 0 Å². The lowest BCUT2D eigenvalue weighted by Crippen LogP contribution is -2.37. The maximum atomic E-state index is 13.9. The second-order valence-electron chi connectivity index (χ2n) is 6.85. The molecule has 1 aliphatic heterocycles. The molecule has 7 nitrogen and oxygen atoms in total. The van der Waals surface area contributed by atoms with Gasteiger partial charge in [-0.15, -0.1) is 10.2 Å². The average Bonchev–Trinajstić information content (AvgIpc) is 3.22. The second-order valence-corrected chi connectivity index (χ2v) is 7.80. The normalized spacial score (nSPS) is 13.9. The number of nitrogens with zero attached hydrogens (tertiary/aromatic N) is 4. The fraction of sp³-hybridized carbons (Fsp3) is 0.286. The van der Waals surface area contributed by atoms with Crippen LogP contribution in [0.1, 0.15) is 5.56 Å². The van der Waals surface area contributed by atoms with Crippen LogP contribution in [0.25, 0.3) is 5.69 Å². The number of ether oxygens (including phenoxy) is 1. The number of benzene rings is 2. The second kappa shape index (κ2) is 9.88. The Balaban J connectivity index is 1.49. The Morgan fingerprint density at radius 3 is 2.68 bits per heavy atom. The molecule has 0 aliphatic carbocycles. The predicted molar refractivity (Wildman–Crippen MR) is 113 cm³/mol. The van der Waals surface area contributed by atoms with Crippen molar-refractivity contribution in [1.82, 2.24) is 20.1 Å². The molecule has 1 aromatic heterocycles. The number of hydrogen-bond acceptors (Lipinski definition) is 6. The fourth-order valence-corrected chi connectivity index (χ4v) is 3.96. The van der Waals surface area contributed by atoms with Crippen LogP contribution in [0.3, 0.4) is 0 Å². The number of hydrogen-bond donors (Lipinski definition) is 1. The first-order chi connectivity index (χ1) is 15.1. The van der Waals surface area contributed by atoms with Gasteiger partial charge in [-0.3, -0.25) is 9.36 Å². The first-order valence-corrected chi connectivity index (χ1v) is 10.8. The minimum Gasteiger partial charge on any atom is -0.378 e. The summed E-state index contributed by atoms with van der Waals surface area (Å²) in [6.07, 6.45) is 0. The highest BCUT2D eigenvalue weighted by Gasteiger charge is 2.22. The van der Waals surface area contributed by atoms with Gasteiger partial charge in [-0.1, -0.05) is 36.0 Å². The summed E-state index contributed by atoms with van der Waals surface area (Å²) >= 11 is 1.18. The molecule has 4 rings (SSSR count). The van der Waals surface area contributed by atoms with Gasteiger partial charge < -0.3 is 15.0 Å². The topological polar surface area (TPSA) is 72.3 Å². The molecular formula is C21H21F2N5O2S. The van der Waals surface area contributed by atoms with Crippen molar-refractivity contribution in [2.24, 2.45) is 0 Å². The van der Waals surface area contributed by atoms with Gasteiger partial charge in [-0.05, 0) is 24.3 Å². The van der Waals surface area contributed by atoms with Crippen LogP contribution in [-0.4, -0.2) is 52.7 Å². The van der Waals surface area contributed by atoms with Crippen LogP contribution in [0.2, 0.25) is 0 Å².